The molecule has 5 heteroatoms. The van der Waals surface area contributed by atoms with Crippen molar-refractivity contribution in [3.63, 3.8) is 0 Å². The molecule has 0 aliphatic rings. The lowest BCUT2D eigenvalue weighted by Gasteiger charge is -2.18. The molecule has 21 heavy (non-hydrogen) atoms. The first-order valence-electron chi connectivity index (χ1n) is 7.42. The van der Waals surface area contributed by atoms with Crippen LogP contribution in [0.15, 0.2) is 30.3 Å². The van der Waals surface area contributed by atoms with E-state index >= 15 is 0 Å². The average Bonchev–Trinajstić information content (AvgIpc) is 2.45. The van der Waals surface area contributed by atoms with Crippen LogP contribution in [0.25, 0.3) is 0 Å². The van der Waals surface area contributed by atoms with Gasteiger partial charge in [-0.3, -0.25) is 4.79 Å². The summed E-state index contributed by atoms with van der Waals surface area (Å²) in [6, 6.07) is 9.57. The molecule has 1 aromatic rings. The average molecular weight is 311 g/mol. The number of amides is 1. The Morgan fingerprint density at radius 1 is 1.19 bits per heavy atom. The van der Waals surface area contributed by atoms with Crippen LogP contribution in [0.4, 0.5) is 0 Å². The van der Waals surface area contributed by atoms with E-state index in [2.05, 4.69) is 12.2 Å². The predicted molar refractivity (Wildman–Crippen MR) is 86.0 cm³/mol. The van der Waals surface area contributed by atoms with Gasteiger partial charge < -0.3 is 5.32 Å². The first-order valence-corrected chi connectivity index (χ1v) is 9.24. The van der Waals surface area contributed by atoms with Crippen molar-refractivity contribution in [3.8, 4) is 0 Å². The van der Waals surface area contributed by atoms with E-state index in [1.807, 2.05) is 30.3 Å². The summed E-state index contributed by atoms with van der Waals surface area (Å²) in [5.41, 5.74) is 1.14. The Hall–Kier alpha value is -1.36. The summed E-state index contributed by atoms with van der Waals surface area (Å²) >= 11 is 0. The summed E-state index contributed by atoms with van der Waals surface area (Å²) < 4.78 is 23.1. The van der Waals surface area contributed by atoms with Crippen molar-refractivity contribution in [3.05, 3.63) is 35.9 Å². The van der Waals surface area contributed by atoms with Gasteiger partial charge in [-0.2, -0.15) is 0 Å². The molecule has 118 valence electrons. The van der Waals surface area contributed by atoms with Crippen LogP contribution >= 0.6 is 0 Å². The minimum atomic E-state index is -3.07. The van der Waals surface area contributed by atoms with Gasteiger partial charge in [0.2, 0.25) is 5.91 Å². The number of nitrogens with one attached hydrogen (secondary N) is 1. The molecular formula is C16H25NO3S. The third kappa shape index (κ3) is 6.29. The second-order valence-corrected chi connectivity index (χ2v) is 7.79. The van der Waals surface area contributed by atoms with Crippen LogP contribution in [-0.2, 0) is 14.6 Å². The summed E-state index contributed by atoms with van der Waals surface area (Å²) in [6.45, 7) is 5.40. The van der Waals surface area contributed by atoms with Crippen LogP contribution in [0, 0.1) is 0 Å². The Morgan fingerprint density at radius 3 is 2.33 bits per heavy atom. The van der Waals surface area contributed by atoms with Gasteiger partial charge in [-0.25, -0.2) is 8.42 Å². The van der Waals surface area contributed by atoms with Crippen molar-refractivity contribution < 1.29 is 13.2 Å². The molecule has 1 rings (SSSR count). The minimum absolute atomic E-state index is 0.00261. The Kier molecular flexibility index (Phi) is 6.89. The van der Waals surface area contributed by atoms with Crippen LogP contribution < -0.4 is 5.32 Å². The molecule has 0 spiro atoms. The van der Waals surface area contributed by atoms with E-state index in [0.717, 1.165) is 12.0 Å². The van der Waals surface area contributed by atoms with E-state index in [-0.39, 0.29) is 29.4 Å². The second kappa shape index (κ2) is 8.17. The van der Waals surface area contributed by atoms with Gasteiger partial charge >= 0.3 is 0 Å². The van der Waals surface area contributed by atoms with E-state index in [1.54, 1.807) is 13.8 Å². The van der Waals surface area contributed by atoms with Crippen molar-refractivity contribution in [1.29, 1.82) is 0 Å². The van der Waals surface area contributed by atoms with Gasteiger partial charge in [-0.05, 0) is 24.8 Å². The van der Waals surface area contributed by atoms with E-state index < -0.39 is 9.84 Å². The lowest BCUT2D eigenvalue weighted by Crippen LogP contribution is -2.38. The maximum Gasteiger partial charge on any atom is 0.220 e. The molecule has 0 fully saturated rings. The fourth-order valence-corrected chi connectivity index (χ4v) is 3.40. The zero-order chi connectivity index (χ0) is 15.9. The molecule has 0 saturated carbocycles. The van der Waals surface area contributed by atoms with Gasteiger partial charge in [-0.1, -0.05) is 44.2 Å². The van der Waals surface area contributed by atoms with Crippen molar-refractivity contribution in [2.75, 3.05) is 11.5 Å². The Bertz CT molecular complexity index is 540. The summed E-state index contributed by atoms with van der Waals surface area (Å²) in [5, 5.41) is 2.79. The summed E-state index contributed by atoms with van der Waals surface area (Å²) in [6.07, 6.45) is 1.26. The molecule has 2 unspecified atom stereocenters. The molecule has 0 aromatic heterocycles. The lowest BCUT2D eigenvalue weighted by atomic mass is 9.93. The van der Waals surface area contributed by atoms with Crippen LogP contribution in [0.3, 0.4) is 0 Å². The number of hydrogen-bond acceptors (Lipinski definition) is 3. The van der Waals surface area contributed by atoms with E-state index in [9.17, 15) is 13.2 Å². The van der Waals surface area contributed by atoms with Gasteiger partial charge in [0.05, 0.1) is 5.75 Å². The number of sulfone groups is 1. The molecule has 0 saturated heterocycles. The zero-order valence-electron chi connectivity index (χ0n) is 13.0. The highest BCUT2D eigenvalue weighted by Gasteiger charge is 2.18. The van der Waals surface area contributed by atoms with E-state index in [0.29, 0.717) is 6.42 Å². The molecule has 2 atom stereocenters. The number of carbonyl (C=O) groups is 1. The zero-order valence-corrected chi connectivity index (χ0v) is 13.8. The molecule has 1 amide bonds. The number of carbonyl (C=O) groups excluding carboxylic acids is 1. The molecule has 0 heterocycles. The first kappa shape index (κ1) is 17.7. The van der Waals surface area contributed by atoms with Crippen LogP contribution in [0.2, 0.25) is 0 Å². The van der Waals surface area contributed by atoms with E-state index in [1.165, 1.54) is 0 Å². The van der Waals surface area contributed by atoms with Crippen molar-refractivity contribution in [2.45, 2.75) is 45.6 Å². The van der Waals surface area contributed by atoms with E-state index in [4.69, 9.17) is 0 Å². The number of hydrogen-bond donors (Lipinski definition) is 1. The van der Waals surface area contributed by atoms with Crippen LogP contribution in [0.5, 0.6) is 0 Å². The SMILES string of the molecule is CCC(CC(=O)NC(C)CS(=O)(=O)CC)c1ccccc1. The van der Waals surface area contributed by atoms with Gasteiger partial charge in [0.25, 0.3) is 0 Å². The van der Waals surface area contributed by atoms with Crippen molar-refractivity contribution in [2.24, 2.45) is 0 Å². The fourth-order valence-electron chi connectivity index (χ4n) is 2.32. The lowest BCUT2D eigenvalue weighted by molar-refractivity contribution is -0.121. The smallest absolute Gasteiger partial charge is 0.220 e. The number of benzene rings is 1. The Labute approximate surface area is 127 Å². The van der Waals surface area contributed by atoms with Gasteiger partial charge in [0.15, 0.2) is 9.84 Å². The molecule has 0 bridgehead atoms. The standard InChI is InChI=1S/C16H25NO3S/c1-4-14(15-9-7-6-8-10-15)11-16(18)17-13(3)12-21(19,20)5-2/h6-10,13-14H,4-5,11-12H2,1-3H3,(H,17,18). The predicted octanol–water partition coefficient (Wildman–Crippen LogP) is 2.51. The molecule has 1 N–H and O–H groups in total. The molecule has 0 aliphatic carbocycles. The Morgan fingerprint density at radius 2 is 1.81 bits per heavy atom. The summed E-state index contributed by atoms with van der Waals surface area (Å²) in [5.74, 6) is 0.178. The summed E-state index contributed by atoms with van der Waals surface area (Å²) in [7, 11) is -3.07. The van der Waals surface area contributed by atoms with Gasteiger partial charge in [-0.15, -0.1) is 0 Å². The molecular weight excluding hydrogens is 286 g/mol. The first-order chi connectivity index (χ1) is 9.88. The maximum atomic E-state index is 12.1. The quantitative estimate of drug-likeness (QED) is 0.802. The molecule has 1 aromatic carbocycles. The highest BCUT2D eigenvalue weighted by atomic mass is 32.2. The topological polar surface area (TPSA) is 63.2 Å². The highest BCUT2D eigenvalue weighted by molar-refractivity contribution is 7.91. The molecule has 4 nitrogen and oxygen atoms in total. The van der Waals surface area contributed by atoms with Crippen LogP contribution in [0.1, 0.15) is 45.1 Å². The minimum Gasteiger partial charge on any atom is -0.353 e. The fraction of sp³-hybridized carbons (Fsp3) is 0.562. The molecule has 0 radical (unpaired) electrons. The normalized spacial score (nSPS) is 14.4. The molecule has 0 aliphatic heterocycles. The maximum absolute atomic E-state index is 12.1. The number of rotatable bonds is 8. The van der Waals surface area contributed by atoms with Gasteiger partial charge in [0, 0.05) is 18.2 Å². The highest BCUT2D eigenvalue weighted by Crippen LogP contribution is 2.22. The third-order valence-electron chi connectivity index (χ3n) is 3.55. The summed E-state index contributed by atoms with van der Waals surface area (Å²) in [4.78, 5) is 12.1. The van der Waals surface area contributed by atoms with Crippen molar-refractivity contribution in [1.82, 2.24) is 5.32 Å². The largest absolute Gasteiger partial charge is 0.353 e. The third-order valence-corrected chi connectivity index (χ3v) is 5.43. The van der Waals surface area contributed by atoms with Gasteiger partial charge in [0.1, 0.15) is 0 Å². The Balaban J connectivity index is 2.56. The monoisotopic (exact) mass is 311 g/mol. The van der Waals surface area contributed by atoms with Crippen LogP contribution in [-0.4, -0.2) is 31.9 Å². The second-order valence-electron chi connectivity index (χ2n) is 5.39. The van der Waals surface area contributed by atoms with Crippen molar-refractivity contribution >= 4 is 15.7 Å².